The molecule has 3 aromatic carbocycles. The monoisotopic (exact) mass is 452 g/mol. The van der Waals surface area contributed by atoms with Crippen LogP contribution in [0.15, 0.2) is 78.9 Å². The van der Waals surface area contributed by atoms with Gasteiger partial charge < -0.3 is 10.1 Å². The zero-order valence-corrected chi connectivity index (χ0v) is 19.3. The molecule has 3 rings (SSSR count). The molecular weight excluding hydrogens is 424 g/mol. The van der Waals surface area contributed by atoms with Crippen molar-refractivity contribution in [1.82, 2.24) is 5.32 Å². The number of hydrogen-bond donors (Lipinski definition) is 1. The van der Waals surface area contributed by atoms with Crippen molar-refractivity contribution in [3.63, 3.8) is 0 Å². The quantitative estimate of drug-likeness (QED) is 0.523. The van der Waals surface area contributed by atoms with Gasteiger partial charge in [0.1, 0.15) is 5.75 Å². The molecule has 0 radical (unpaired) electrons. The Morgan fingerprint density at radius 3 is 2.09 bits per heavy atom. The van der Waals surface area contributed by atoms with Gasteiger partial charge in [-0.3, -0.25) is 9.10 Å². The van der Waals surface area contributed by atoms with E-state index < -0.39 is 10.0 Å². The molecule has 0 heterocycles. The normalized spacial score (nSPS) is 11.2. The molecule has 6 nitrogen and oxygen atoms in total. The van der Waals surface area contributed by atoms with Gasteiger partial charge in [0.25, 0.3) is 5.91 Å². The van der Waals surface area contributed by atoms with E-state index in [0.717, 1.165) is 16.9 Å². The second kappa shape index (κ2) is 10.3. The van der Waals surface area contributed by atoms with Gasteiger partial charge in [0.15, 0.2) is 0 Å². The zero-order chi connectivity index (χ0) is 23.1. The van der Waals surface area contributed by atoms with E-state index in [2.05, 4.69) is 5.32 Å². The van der Waals surface area contributed by atoms with Crippen LogP contribution >= 0.6 is 0 Å². The maximum absolute atomic E-state index is 12.5. The highest BCUT2D eigenvalue weighted by atomic mass is 32.2. The van der Waals surface area contributed by atoms with E-state index >= 15 is 0 Å². The van der Waals surface area contributed by atoms with Crippen molar-refractivity contribution in [3.8, 4) is 5.75 Å². The number of anilines is 1. The molecule has 168 valence electrons. The Balaban J connectivity index is 1.65. The summed E-state index contributed by atoms with van der Waals surface area (Å²) < 4.78 is 31.6. The van der Waals surface area contributed by atoms with Gasteiger partial charge in [-0.1, -0.05) is 42.5 Å². The minimum atomic E-state index is -3.48. The van der Waals surface area contributed by atoms with E-state index in [1.807, 2.05) is 68.4 Å². The maximum atomic E-state index is 12.5. The van der Waals surface area contributed by atoms with Crippen molar-refractivity contribution in [2.75, 3.05) is 10.6 Å². The largest absolute Gasteiger partial charge is 0.491 e. The topological polar surface area (TPSA) is 75.7 Å². The van der Waals surface area contributed by atoms with Crippen LogP contribution in [0.3, 0.4) is 0 Å². The van der Waals surface area contributed by atoms with Crippen molar-refractivity contribution < 1.29 is 17.9 Å². The van der Waals surface area contributed by atoms with E-state index in [1.165, 1.54) is 10.6 Å². The summed E-state index contributed by atoms with van der Waals surface area (Å²) in [5.41, 5.74) is 2.80. The molecule has 1 amide bonds. The van der Waals surface area contributed by atoms with Crippen LogP contribution in [0.5, 0.6) is 5.75 Å². The van der Waals surface area contributed by atoms with Crippen LogP contribution in [0.1, 0.15) is 35.3 Å². The molecule has 0 saturated carbocycles. The summed E-state index contributed by atoms with van der Waals surface area (Å²) in [7, 11) is -3.48. The third-order valence-electron chi connectivity index (χ3n) is 4.74. The van der Waals surface area contributed by atoms with Crippen LogP contribution in [0.25, 0.3) is 0 Å². The Hall–Kier alpha value is -3.32. The molecule has 0 aliphatic heterocycles. The summed E-state index contributed by atoms with van der Waals surface area (Å²) >= 11 is 0. The third kappa shape index (κ3) is 6.59. The lowest BCUT2D eigenvalue weighted by atomic mass is 10.1. The fourth-order valence-electron chi connectivity index (χ4n) is 3.17. The Morgan fingerprint density at radius 1 is 0.906 bits per heavy atom. The number of nitrogens with one attached hydrogen (secondary N) is 1. The lowest BCUT2D eigenvalue weighted by Crippen LogP contribution is -2.29. The Labute approximate surface area is 189 Å². The summed E-state index contributed by atoms with van der Waals surface area (Å²) in [6, 6.07) is 23.5. The highest BCUT2D eigenvalue weighted by Gasteiger charge is 2.18. The van der Waals surface area contributed by atoms with E-state index in [1.54, 1.807) is 24.3 Å². The highest BCUT2D eigenvalue weighted by molar-refractivity contribution is 7.92. The Bertz CT molecular complexity index is 1130. The number of benzene rings is 3. The number of rotatable bonds is 9. The average molecular weight is 453 g/mol. The van der Waals surface area contributed by atoms with Gasteiger partial charge in [-0.05, 0) is 61.4 Å². The van der Waals surface area contributed by atoms with Gasteiger partial charge in [0.2, 0.25) is 10.0 Å². The van der Waals surface area contributed by atoms with Crippen molar-refractivity contribution in [3.05, 3.63) is 95.6 Å². The smallest absolute Gasteiger partial charge is 0.251 e. The fraction of sp³-hybridized carbons (Fsp3) is 0.240. The lowest BCUT2D eigenvalue weighted by molar-refractivity contribution is 0.0951. The molecule has 0 bridgehead atoms. The number of sulfonamides is 1. The second-order valence-corrected chi connectivity index (χ2v) is 9.70. The van der Waals surface area contributed by atoms with Crippen LogP contribution in [-0.2, 0) is 23.1 Å². The molecule has 0 aliphatic carbocycles. The first-order valence-corrected chi connectivity index (χ1v) is 12.2. The summed E-state index contributed by atoms with van der Waals surface area (Å²) in [6.45, 7) is 4.54. The molecule has 0 atom stereocenters. The van der Waals surface area contributed by atoms with Crippen molar-refractivity contribution in [2.24, 2.45) is 0 Å². The summed E-state index contributed by atoms with van der Waals surface area (Å²) in [5.74, 6) is 0.560. The molecular formula is C25H28N2O4S. The molecule has 0 unspecified atom stereocenters. The highest BCUT2D eigenvalue weighted by Crippen LogP contribution is 2.21. The van der Waals surface area contributed by atoms with Gasteiger partial charge in [0, 0.05) is 12.1 Å². The van der Waals surface area contributed by atoms with E-state index in [-0.39, 0.29) is 18.6 Å². The van der Waals surface area contributed by atoms with Crippen LogP contribution in [0, 0.1) is 0 Å². The fourth-order valence-corrected chi connectivity index (χ4v) is 4.06. The van der Waals surface area contributed by atoms with Gasteiger partial charge >= 0.3 is 0 Å². The summed E-state index contributed by atoms with van der Waals surface area (Å²) in [4.78, 5) is 12.5. The number of carbonyl (C=O) groups excluding carboxylic acids is 1. The molecule has 0 aromatic heterocycles. The van der Waals surface area contributed by atoms with Crippen LogP contribution in [0.4, 0.5) is 5.69 Å². The maximum Gasteiger partial charge on any atom is 0.251 e. The Kier molecular flexibility index (Phi) is 7.53. The van der Waals surface area contributed by atoms with Gasteiger partial charge in [-0.25, -0.2) is 8.42 Å². The summed E-state index contributed by atoms with van der Waals surface area (Å²) in [6.07, 6.45) is 1.28. The van der Waals surface area contributed by atoms with E-state index in [0.29, 0.717) is 17.8 Å². The number of ether oxygens (including phenoxy) is 1. The number of nitrogens with zero attached hydrogens (tertiary/aromatic N) is 1. The first kappa shape index (κ1) is 23.3. The molecule has 0 fully saturated rings. The van der Waals surface area contributed by atoms with E-state index in [9.17, 15) is 13.2 Å². The number of carbonyl (C=O) groups is 1. The van der Waals surface area contributed by atoms with Crippen molar-refractivity contribution in [1.29, 1.82) is 0 Å². The molecule has 0 aliphatic rings. The van der Waals surface area contributed by atoms with E-state index in [4.69, 9.17) is 4.74 Å². The van der Waals surface area contributed by atoms with Gasteiger partial charge in [-0.15, -0.1) is 0 Å². The second-order valence-electron chi connectivity index (χ2n) is 7.80. The third-order valence-corrected chi connectivity index (χ3v) is 5.88. The minimum absolute atomic E-state index is 0.106. The zero-order valence-electron chi connectivity index (χ0n) is 18.5. The van der Waals surface area contributed by atoms with Gasteiger partial charge in [-0.2, -0.15) is 0 Å². The Morgan fingerprint density at radius 2 is 1.53 bits per heavy atom. The molecule has 7 heteroatoms. The first-order chi connectivity index (χ1) is 15.2. The molecule has 3 aromatic rings. The van der Waals surface area contributed by atoms with Crippen LogP contribution in [-0.4, -0.2) is 26.7 Å². The summed E-state index contributed by atoms with van der Waals surface area (Å²) in [5, 5.41) is 2.88. The minimum Gasteiger partial charge on any atom is -0.491 e. The molecule has 0 saturated heterocycles. The van der Waals surface area contributed by atoms with Crippen molar-refractivity contribution in [2.45, 2.75) is 33.0 Å². The van der Waals surface area contributed by atoms with Crippen LogP contribution in [0.2, 0.25) is 0 Å². The number of hydrogen-bond acceptors (Lipinski definition) is 4. The predicted octanol–water partition coefficient (Wildman–Crippen LogP) is 4.37. The number of amides is 1. The van der Waals surface area contributed by atoms with Crippen LogP contribution < -0.4 is 14.4 Å². The molecule has 1 N–H and O–H groups in total. The average Bonchev–Trinajstić information content (AvgIpc) is 2.76. The van der Waals surface area contributed by atoms with Gasteiger partial charge in [0.05, 0.1) is 24.6 Å². The SMILES string of the molecule is CC(C)Oc1ccc(CNC(=O)c2ccc(N(Cc3ccccc3)S(C)(=O)=O)cc2)cc1. The standard InChI is InChI=1S/C25H28N2O4S/c1-19(2)31-24-15-9-20(10-16-24)17-26-25(28)22-11-13-23(14-12-22)27(32(3,29)30)18-21-7-5-4-6-8-21/h4-16,19H,17-18H2,1-3H3,(H,26,28). The first-order valence-electron chi connectivity index (χ1n) is 10.4. The van der Waals surface area contributed by atoms with Crippen molar-refractivity contribution >= 4 is 21.6 Å². The molecule has 32 heavy (non-hydrogen) atoms. The predicted molar refractivity (Wildman–Crippen MR) is 127 cm³/mol. The molecule has 0 spiro atoms. The lowest BCUT2D eigenvalue weighted by Gasteiger charge is -2.22.